The molecule has 1 aliphatic heterocycles. The highest BCUT2D eigenvalue weighted by Crippen LogP contribution is 2.41. The van der Waals surface area contributed by atoms with Crippen LogP contribution in [0.15, 0.2) is 53.0 Å². The van der Waals surface area contributed by atoms with Crippen LogP contribution in [0.1, 0.15) is 42.9 Å². The molecule has 0 radical (unpaired) electrons. The zero-order valence-electron chi connectivity index (χ0n) is 18.0. The van der Waals surface area contributed by atoms with Crippen LogP contribution >= 0.6 is 27.3 Å². The largest absolute Gasteiger partial charge is 0.465 e. The highest BCUT2D eigenvalue weighted by atomic mass is 79.9. The lowest BCUT2D eigenvalue weighted by atomic mass is 10.0. The predicted octanol–water partition coefficient (Wildman–Crippen LogP) is 4.90. The van der Waals surface area contributed by atoms with Crippen LogP contribution in [0.5, 0.6) is 0 Å². The number of anilines is 1. The summed E-state index contributed by atoms with van der Waals surface area (Å²) in [4.78, 5) is 53.0. The van der Waals surface area contributed by atoms with Crippen molar-refractivity contribution >= 4 is 56.0 Å². The minimum atomic E-state index is -1.08. The number of carbonyl (C=O) groups excluding carboxylic acids is 4. The van der Waals surface area contributed by atoms with E-state index in [-0.39, 0.29) is 16.7 Å². The van der Waals surface area contributed by atoms with Crippen LogP contribution < -0.4 is 5.32 Å². The first-order valence-electron chi connectivity index (χ1n) is 10.00. The molecule has 2 heterocycles. The Morgan fingerprint density at radius 3 is 2.15 bits per heavy atom. The number of fused-ring (bicyclic) bond motifs is 1. The zero-order chi connectivity index (χ0) is 23.9. The number of methoxy groups -OCH3 is 1. The fourth-order valence-corrected chi connectivity index (χ4v) is 5.12. The van der Waals surface area contributed by atoms with Gasteiger partial charge in [0.25, 0.3) is 11.8 Å². The van der Waals surface area contributed by atoms with Crippen molar-refractivity contribution in [2.24, 2.45) is 0 Å². The summed E-state index contributed by atoms with van der Waals surface area (Å²) in [7, 11) is 1.27. The number of aryl methyl sites for hydroxylation is 1. The second kappa shape index (κ2) is 8.92. The summed E-state index contributed by atoms with van der Waals surface area (Å²) in [6.45, 7) is 3.32. The van der Waals surface area contributed by atoms with Gasteiger partial charge in [0.15, 0.2) is 0 Å². The summed E-state index contributed by atoms with van der Waals surface area (Å²) < 4.78 is 5.87. The summed E-state index contributed by atoms with van der Waals surface area (Å²) in [5.41, 5.74) is 2.21. The number of thiophene rings is 1. The number of carbonyl (C=O) groups is 4. The van der Waals surface area contributed by atoms with E-state index in [1.807, 2.05) is 31.2 Å². The summed E-state index contributed by atoms with van der Waals surface area (Å²) in [6, 6.07) is 12.8. The number of benzene rings is 2. The molecule has 0 saturated carbocycles. The number of rotatable bonds is 5. The molecule has 0 saturated heterocycles. The summed E-state index contributed by atoms with van der Waals surface area (Å²) >= 11 is 4.63. The van der Waals surface area contributed by atoms with E-state index in [1.54, 1.807) is 24.3 Å². The summed E-state index contributed by atoms with van der Waals surface area (Å²) in [5.74, 6) is -2.23. The fourth-order valence-electron chi connectivity index (χ4n) is 3.79. The van der Waals surface area contributed by atoms with Gasteiger partial charge >= 0.3 is 5.97 Å². The van der Waals surface area contributed by atoms with Crippen LogP contribution in [0, 0.1) is 6.92 Å². The molecule has 168 valence electrons. The molecule has 1 atom stereocenters. The molecule has 1 N–H and O–H groups in total. The van der Waals surface area contributed by atoms with Crippen molar-refractivity contribution in [1.29, 1.82) is 0 Å². The number of ether oxygens (including phenoxy) is 1. The molecule has 1 aromatic heterocycles. The van der Waals surface area contributed by atoms with Crippen LogP contribution in [-0.4, -0.2) is 41.7 Å². The Kier molecular flexibility index (Phi) is 6.18. The fraction of sp³-hybridized carbons (Fsp3) is 0.167. The Hall–Kier alpha value is -3.30. The Balaban J connectivity index is 1.67. The van der Waals surface area contributed by atoms with Crippen LogP contribution in [-0.2, 0) is 9.53 Å². The molecular formula is C24H19BrN2O5S. The topological polar surface area (TPSA) is 92.8 Å². The summed E-state index contributed by atoms with van der Waals surface area (Å²) in [6.07, 6.45) is 0. The number of esters is 1. The van der Waals surface area contributed by atoms with Crippen molar-refractivity contribution in [3.8, 4) is 11.1 Å². The monoisotopic (exact) mass is 526 g/mol. The van der Waals surface area contributed by atoms with E-state index in [2.05, 4.69) is 21.2 Å². The van der Waals surface area contributed by atoms with Crippen molar-refractivity contribution in [1.82, 2.24) is 4.90 Å². The number of imide groups is 1. The molecule has 0 bridgehead atoms. The number of amides is 3. The van der Waals surface area contributed by atoms with Crippen LogP contribution in [0.4, 0.5) is 5.00 Å². The van der Waals surface area contributed by atoms with Crippen molar-refractivity contribution in [2.45, 2.75) is 19.9 Å². The number of halogens is 1. The molecule has 7 nitrogen and oxygen atoms in total. The zero-order valence-corrected chi connectivity index (χ0v) is 20.4. The quantitative estimate of drug-likeness (QED) is 0.377. The Labute approximate surface area is 202 Å². The lowest BCUT2D eigenvalue weighted by molar-refractivity contribution is -0.119. The Bertz CT molecular complexity index is 1260. The van der Waals surface area contributed by atoms with Gasteiger partial charge in [0.05, 0.1) is 18.2 Å². The van der Waals surface area contributed by atoms with E-state index in [9.17, 15) is 19.2 Å². The van der Waals surface area contributed by atoms with E-state index in [4.69, 9.17) is 4.74 Å². The van der Waals surface area contributed by atoms with Crippen LogP contribution in [0.3, 0.4) is 0 Å². The first-order valence-corrected chi connectivity index (χ1v) is 11.6. The molecule has 3 amide bonds. The Morgan fingerprint density at radius 1 is 1.03 bits per heavy atom. The highest BCUT2D eigenvalue weighted by Gasteiger charge is 2.41. The van der Waals surface area contributed by atoms with Gasteiger partial charge < -0.3 is 10.1 Å². The van der Waals surface area contributed by atoms with E-state index in [0.29, 0.717) is 10.6 Å². The molecule has 2 aromatic carbocycles. The van der Waals surface area contributed by atoms with Gasteiger partial charge in [-0.25, -0.2) is 4.79 Å². The number of hydrogen-bond acceptors (Lipinski definition) is 6. The maximum absolute atomic E-state index is 13.1. The lowest BCUT2D eigenvalue weighted by Gasteiger charge is -2.21. The molecule has 3 aromatic rings. The van der Waals surface area contributed by atoms with Gasteiger partial charge in [-0.15, -0.1) is 11.3 Å². The molecular weight excluding hydrogens is 508 g/mol. The van der Waals surface area contributed by atoms with Gasteiger partial charge in [0.1, 0.15) is 16.6 Å². The van der Waals surface area contributed by atoms with Crippen molar-refractivity contribution < 1.29 is 23.9 Å². The molecule has 1 unspecified atom stereocenters. The number of hydrogen-bond donors (Lipinski definition) is 1. The van der Waals surface area contributed by atoms with Gasteiger partial charge in [-0.3, -0.25) is 19.3 Å². The minimum absolute atomic E-state index is 0.227. The normalized spacial score (nSPS) is 13.6. The molecule has 1 aliphatic rings. The Morgan fingerprint density at radius 2 is 1.61 bits per heavy atom. The molecule has 0 aliphatic carbocycles. The van der Waals surface area contributed by atoms with E-state index in [1.165, 1.54) is 25.4 Å². The van der Waals surface area contributed by atoms with Crippen LogP contribution in [0.25, 0.3) is 11.1 Å². The van der Waals surface area contributed by atoms with Crippen LogP contribution in [0.2, 0.25) is 0 Å². The number of nitrogens with zero attached hydrogens (tertiary/aromatic N) is 1. The molecule has 4 rings (SSSR count). The summed E-state index contributed by atoms with van der Waals surface area (Å²) in [5, 5.41) is 3.03. The molecule has 0 spiro atoms. The maximum atomic E-state index is 13.1. The van der Waals surface area contributed by atoms with E-state index >= 15 is 0 Å². The van der Waals surface area contributed by atoms with Gasteiger partial charge in [0, 0.05) is 14.9 Å². The lowest BCUT2D eigenvalue weighted by Crippen LogP contribution is -2.45. The van der Waals surface area contributed by atoms with Gasteiger partial charge in [-0.2, -0.15) is 0 Å². The van der Waals surface area contributed by atoms with E-state index < -0.39 is 29.7 Å². The first-order chi connectivity index (χ1) is 15.7. The maximum Gasteiger partial charge on any atom is 0.341 e. The third-order valence-corrected chi connectivity index (χ3v) is 6.98. The average Bonchev–Trinajstić information content (AvgIpc) is 3.26. The predicted molar refractivity (Wildman–Crippen MR) is 129 cm³/mol. The second-order valence-corrected chi connectivity index (χ2v) is 9.57. The van der Waals surface area contributed by atoms with Crippen molar-refractivity contribution in [3.63, 3.8) is 0 Å². The minimum Gasteiger partial charge on any atom is -0.465 e. The van der Waals surface area contributed by atoms with Crippen molar-refractivity contribution in [3.05, 3.63) is 74.6 Å². The smallest absolute Gasteiger partial charge is 0.341 e. The number of nitrogens with one attached hydrogen (secondary N) is 1. The van der Waals surface area contributed by atoms with Gasteiger partial charge in [0.2, 0.25) is 5.91 Å². The highest BCUT2D eigenvalue weighted by molar-refractivity contribution is 9.10. The molecule has 9 heteroatoms. The van der Waals surface area contributed by atoms with Gasteiger partial charge in [-0.1, -0.05) is 40.2 Å². The first kappa shape index (κ1) is 22.9. The SMILES string of the molecule is COC(=O)c1c(NC(=O)C(C)N2C(=O)c3ccccc3C2=O)sc(C)c1-c1ccc(Br)cc1. The average molecular weight is 527 g/mol. The third-order valence-electron chi connectivity index (χ3n) is 5.44. The van der Waals surface area contributed by atoms with Gasteiger partial charge in [-0.05, 0) is 43.7 Å². The third kappa shape index (κ3) is 3.98. The molecule has 0 fully saturated rings. The second-order valence-electron chi connectivity index (χ2n) is 7.43. The van der Waals surface area contributed by atoms with E-state index in [0.717, 1.165) is 19.8 Å². The molecule has 33 heavy (non-hydrogen) atoms. The standard InChI is InChI=1S/C24H19BrN2O5S/c1-12(27-22(29)16-6-4-5-7-17(16)23(27)30)20(28)26-21-19(24(31)32-3)18(13(2)33-21)14-8-10-15(25)11-9-14/h4-12H,1-3H3,(H,26,28). The van der Waals surface area contributed by atoms with Crippen molar-refractivity contribution in [2.75, 3.05) is 12.4 Å².